The van der Waals surface area contributed by atoms with Gasteiger partial charge in [0.05, 0.1) is 17.8 Å². The fourth-order valence-corrected chi connectivity index (χ4v) is 1.20. The Morgan fingerprint density at radius 3 is 2.73 bits per heavy atom. The van der Waals surface area contributed by atoms with Crippen molar-refractivity contribution in [3.8, 4) is 0 Å². The van der Waals surface area contributed by atoms with Crippen LogP contribution in [0.15, 0.2) is 6.07 Å². The number of rotatable bonds is 3. The minimum atomic E-state index is -2.73. The number of alkyl halides is 2. The van der Waals surface area contributed by atoms with Crippen LogP contribution in [0, 0.1) is 6.92 Å². The molecule has 1 aromatic rings. The van der Waals surface area contributed by atoms with E-state index in [0.717, 1.165) is 6.07 Å². The predicted molar refractivity (Wildman–Crippen MR) is 49.7 cm³/mol. The average Bonchev–Trinajstić information content (AvgIpc) is 2.11. The predicted octanol–water partition coefficient (Wildman–Crippen LogP) is 1.54. The smallest absolute Gasteiger partial charge is 0.307 e. The number of carboxylic acid groups (broad SMARTS) is 1. The van der Waals surface area contributed by atoms with Crippen LogP contribution in [0.2, 0.25) is 0 Å². The molecule has 0 radical (unpaired) electrons. The molecule has 0 atom stereocenters. The van der Waals surface area contributed by atoms with E-state index in [9.17, 15) is 13.6 Å². The molecule has 1 heterocycles. The molecule has 0 fully saturated rings. The molecule has 0 bridgehead atoms. The highest BCUT2D eigenvalue weighted by molar-refractivity contribution is 5.73. The summed E-state index contributed by atoms with van der Waals surface area (Å²) in [6.45, 7) is 1.46. The second-order valence-electron chi connectivity index (χ2n) is 3.08. The number of halogens is 2. The van der Waals surface area contributed by atoms with E-state index in [1.54, 1.807) is 0 Å². The molecule has 15 heavy (non-hydrogen) atoms. The number of nitrogens with two attached hydrogens (primary N) is 1. The fourth-order valence-electron chi connectivity index (χ4n) is 1.20. The number of pyridine rings is 1. The second-order valence-corrected chi connectivity index (χ2v) is 3.08. The molecule has 0 unspecified atom stereocenters. The van der Waals surface area contributed by atoms with Crippen molar-refractivity contribution in [2.45, 2.75) is 19.8 Å². The molecule has 1 rings (SSSR count). The quantitative estimate of drug-likeness (QED) is 0.803. The third-order valence-corrected chi connectivity index (χ3v) is 1.92. The number of nitrogens with zero attached hydrogens (tertiary/aromatic N) is 1. The highest BCUT2D eigenvalue weighted by Gasteiger charge is 2.15. The first-order chi connectivity index (χ1) is 6.91. The van der Waals surface area contributed by atoms with Gasteiger partial charge in [-0.3, -0.25) is 4.79 Å². The lowest BCUT2D eigenvalue weighted by Crippen LogP contribution is -2.08. The summed E-state index contributed by atoms with van der Waals surface area (Å²) in [7, 11) is 0. The maximum absolute atomic E-state index is 12.3. The Hall–Kier alpha value is -1.72. The summed E-state index contributed by atoms with van der Waals surface area (Å²) >= 11 is 0. The molecule has 6 heteroatoms. The van der Waals surface area contributed by atoms with E-state index in [2.05, 4.69) is 4.98 Å². The minimum absolute atomic E-state index is 0.154. The van der Waals surface area contributed by atoms with Gasteiger partial charge in [-0.2, -0.15) is 0 Å². The average molecular weight is 216 g/mol. The van der Waals surface area contributed by atoms with E-state index in [-0.39, 0.29) is 23.4 Å². The Morgan fingerprint density at radius 2 is 2.27 bits per heavy atom. The Bertz CT molecular complexity index is 394. The van der Waals surface area contributed by atoms with E-state index >= 15 is 0 Å². The SMILES string of the molecule is Cc1nc(C(F)F)cc(CC(=O)O)c1N. The molecule has 0 saturated carbocycles. The maximum Gasteiger partial charge on any atom is 0.307 e. The van der Waals surface area contributed by atoms with Crippen LogP contribution < -0.4 is 5.73 Å². The first kappa shape index (κ1) is 11.4. The molecule has 0 amide bonds. The summed E-state index contributed by atoms with van der Waals surface area (Å²) in [5.74, 6) is -1.12. The van der Waals surface area contributed by atoms with Gasteiger partial charge >= 0.3 is 5.97 Å². The van der Waals surface area contributed by atoms with Crippen molar-refractivity contribution in [3.05, 3.63) is 23.0 Å². The van der Waals surface area contributed by atoms with Crippen molar-refractivity contribution in [2.75, 3.05) is 5.73 Å². The van der Waals surface area contributed by atoms with Gasteiger partial charge in [0.2, 0.25) is 0 Å². The summed E-state index contributed by atoms with van der Waals surface area (Å²) in [5, 5.41) is 8.55. The summed E-state index contributed by atoms with van der Waals surface area (Å²) < 4.78 is 24.7. The molecule has 0 spiro atoms. The Kier molecular flexibility index (Phi) is 3.18. The fraction of sp³-hybridized carbons (Fsp3) is 0.333. The topological polar surface area (TPSA) is 76.2 Å². The zero-order valence-electron chi connectivity index (χ0n) is 8.00. The number of anilines is 1. The van der Waals surface area contributed by atoms with Gasteiger partial charge in [0.1, 0.15) is 5.69 Å². The minimum Gasteiger partial charge on any atom is -0.481 e. The summed E-state index contributed by atoms with van der Waals surface area (Å²) in [4.78, 5) is 14.0. The van der Waals surface area contributed by atoms with Crippen molar-refractivity contribution < 1.29 is 18.7 Å². The summed E-state index contributed by atoms with van der Waals surface area (Å²) in [5.41, 5.74) is 5.63. The molecule has 3 N–H and O–H groups in total. The van der Waals surface area contributed by atoms with Gasteiger partial charge in [-0.1, -0.05) is 0 Å². The van der Waals surface area contributed by atoms with Crippen LogP contribution >= 0.6 is 0 Å². The molecule has 0 aliphatic heterocycles. The Labute approximate surface area is 84.7 Å². The number of aromatic nitrogens is 1. The molecule has 82 valence electrons. The lowest BCUT2D eigenvalue weighted by atomic mass is 10.1. The number of aliphatic carboxylic acids is 1. The number of hydrogen-bond donors (Lipinski definition) is 2. The van der Waals surface area contributed by atoms with E-state index in [1.165, 1.54) is 6.92 Å². The van der Waals surface area contributed by atoms with Crippen LogP contribution in [0.5, 0.6) is 0 Å². The summed E-state index contributed by atoms with van der Waals surface area (Å²) in [6, 6.07) is 1.03. The number of nitrogen functional groups attached to an aromatic ring is 1. The van der Waals surface area contributed by atoms with Gasteiger partial charge in [-0.25, -0.2) is 13.8 Å². The van der Waals surface area contributed by atoms with Gasteiger partial charge in [0, 0.05) is 0 Å². The van der Waals surface area contributed by atoms with Crippen LogP contribution in [-0.2, 0) is 11.2 Å². The van der Waals surface area contributed by atoms with Crippen LogP contribution in [0.3, 0.4) is 0 Å². The van der Waals surface area contributed by atoms with Crippen molar-refractivity contribution >= 4 is 11.7 Å². The van der Waals surface area contributed by atoms with E-state index < -0.39 is 18.1 Å². The van der Waals surface area contributed by atoms with Gasteiger partial charge in [-0.15, -0.1) is 0 Å². The molecule has 0 aliphatic carbocycles. The standard InChI is InChI=1S/C9H10F2N2O2/c1-4-8(12)5(3-7(14)15)2-6(13-4)9(10)11/h2,9H,3,12H2,1H3,(H,14,15). The highest BCUT2D eigenvalue weighted by Crippen LogP contribution is 2.23. The van der Waals surface area contributed by atoms with Crippen LogP contribution in [0.25, 0.3) is 0 Å². The lowest BCUT2D eigenvalue weighted by Gasteiger charge is -2.08. The number of hydrogen-bond acceptors (Lipinski definition) is 3. The molecule has 4 nitrogen and oxygen atoms in total. The van der Waals surface area contributed by atoms with Crippen molar-refractivity contribution in [2.24, 2.45) is 0 Å². The van der Waals surface area contributed by atoms with Gasteiger partial charge in [0.15, 0.2) is 0 Å². The van der Waals surface area contributed by atoms with E-state index in [1.807, 2.05) is 0 Å². The first-order valence-electron chi connectivity index (χ1n) is 4.17. The maximum atomic E-state index is 12.3. The summed E-state index contributed by atoms with van der Waals surface area (Å²) in [6.07, 6.45) is -3.11. The monoisotopic (exact) mass is 216 g/mol. The number of carbonyl (C=O) groups is 1. The van der Waals surface area contributed by atoms with Gasteiger partial charge in [-0.05, 0) is 18.6 Å². The number of carboxylic acids is 1. The van der Waals surface area contributed by atoms with E-state index in [4.69, 9.17) is 10.8 Å². The van der Waals surface area contributed by atoms with Crippen LogP contribution in [0.1, 0.15) is 23.4 Å². The Balaban J connectivity index is 3.18. The lowest BCUT2D eigenvalue weighted by molar-refractivity contribution is -0.136. The molecule has 0 saturated heterocycles. The third-order valence-electron chi connectivity index (χ3n) is 1.92. The molecule has 1 aromatic heterocycles. The van der Waals surface area contributed by atoms with Crippen molar-refractivity contribution in [1.82, 2.24) is 4.98 Å². The second kappa shape index (κ2) is 4.20. The molecular weight excluding hydrogens is 206 g/mol. The molecule has 0 aromatic carbocycles. The van der Waals surface area contributed by atoms with E-state index in [0.29, 0.717) is 0 Å². The number of aryl methyl sites for hydroxylation is 1. The van der Waals surface area contributed by atoms with Gasteiger partial charge < -0.3 is 10.8 Å². The van der Waals surface area contributed by atoms with Crippen LogP contribution in [0.4, 0.5) is 14.5 Å². The highest BCUT2D eigenvalue weighted by atomic mass is 19.3. The van der Waals surface area contributed by atoms with Crippen molar-refractivity contribution in [1.29, 1.82) is 0 Å². The third kappa shape index (κ3) is 2.61. The Morgan fingerprint density at radius 1 is 1.67 bits per heavy atom. The molecular formula is C9H10F2N2O2. The largest absolute Gasteiger partial charge is 0.481 e. The van der Waals surface area contributed by atoms with Gasteiger partial charge in [0.25, 0.3) is 6.43 Å². The zero-order chi connectivity index (χ0) is 11.6. The zero-order valence-corrected chi connectivity index (χ0v) is 8.00. The van der Waals surface area contributed by atoms with Crippen LogP contribution in [-0.4, -0.2) is 16.1 Å². The van der Waals surface area contributed by atoms with Crippen molar-refractivity contribution in [3.63, 3.8) is 0 Å². The first-order valence-corrected chi connectivity index (χ1v) is 4.17. The molecule has 0 aliphatic rings. The normalized spacial score (nSPS) is 10.7.